The fourth-order valence-corrected chi connectivity index (χ4v) is 3.09. The van der Waals surface area contributed by atoms with Crippen molar-refractivity contribution in [2.45, 2.75) is 83.2 Å². The highest BCUT2D eigenvalue weighted by molar-refractivity contribution is 5.73. The summed E-state index contributed by atoms with van der Waals surface area (Å²) in [6, 6.07) is 0. The average molecular weight is 363 g/mol. The highest BCUT2D eigenvalue weighted by Gasteiger charge is 2.46. The summed E-state index contributed by atoms with van der Waals surface area (Å²) in [5.41, 5.74) is -0.944. The summed E-state index contributed by atoms with van der Waals surface area (Å²) < 4.78 is 5.25. The van der Waals surface area contributed by atoms with Gasteiger partial charge in [-0.3, -0.25) is 4.79 Å². The Morgan fingerprint density at radius 2 is 1.56 bits per heavy atom. The summed E-state index contributed by atoms with van der Waals surface area (Å²) in [6.45, 7) is 1.96. The molecule has 0 amide bonds. The number of carbonyl (C=O) groups excluding carboxylic acids is 2. The smallest absolute Gasteiger partial charge is 0.306 e. The maximum absolute atomic E-state index is 11.3. The maximum atomic E-state index is 11.3. The minimum absolute atomic E-state index is 0.251. The summed E-state index contributed by atoms with van der Waals surface area (Å²) in [5, 5.41) is 23.5. The van der Waals surface area contributed by atoms with Crippen LogP contribution in [0.3, 0.4) is 0 Å². The summed E-state index contributed by atoms with van der Waals surface area (Å²) in [7, 11) is 2.00. The van der Waals surface area contributed by atoms with Gasteiger partial charge >= 0.3 is 5.97 Å². The molecule has 0 aromatic heterocycles. The van der Waals surface area contributed by atoms with Gasteiger partial charge in [-0.2, -0.15) is 0 Å². The first kappa shape index (κ1) is 26.3. The minimum atomic E-state index is -0.944. The van der Waals surface area contributed by atoms with Gasteiger partial charge in [0.05, 0.1) is 12.5 Å². The van der Waals surface area contributed by atoms with Crippen LogP contribution in [0, 0.1) is 5.92 Å². The lowest BCUT2D eigenvalue weighted by Gasteiger charge is -2.30. The number of unbranched alkanes of at least 4 members (excludes halogenated alkanes) is 7. The molecule has 0 saturated carbocycles. The summed E-state index contributed by atoms with van der Waals surface area (Å²) in [4.78, 5) is 22.6. The van der Waals surface area contributed by atoms with Crippen molar-refractivity contribution >= 4 is 12.3 Å². The predicted molar refractivity (Wildman–Crippen MR) is 98.2 cm³/mol. The first-order chi connectivity index (χ1) is 12.2. The van der Waals surface area contributed by atoms with Crippen molar-refractivity contribution in [2.75, 3.05) is 20.8 Å². The molecule has 1 fully saturated rings. The molecule has 3 N–H and O–H groups in total. The highest BCUT2D eigenvalue weighted by atomic mass is 16.6. The van der Waals surface area contributed by atoms with Crippen LogP contribution in [0.1, 0.15) is 77.6 Å². The summed E-state index contributed by atoms with van der Waals surface area (Å²) in [5.74, 6) is -0.666. The standard InChI is InChI=1S/C17H30O4.2CH4O/c1-2-3-4-5-6-7-8-9-10-15(13-18)17(14-19)12-11-16(20)21-17;2*1-2/h13,15,19H,2-12,14H2,1H3;2*2H,1H3. The van der Waals surface area contributed by atoms with Crippen molar-refractivity contribution in [3.05, 3.63) is 0 Å². The third kappa shape index (κ3) is 10.6. The fourth-order valence-electron chi connectivity index (χ4n) is 3.09. The van der Waals surface area contributed by atoms with Crippen molar-refractivity contribution in [1.82, 2.24) is 0 Å². The van der Waals surface area contributed by atoms with Crippen LogP contribution in [-0.4, -0.2) is 54.0 Å². The Hall–Kier alpha value is -0.980. The third-order valence-electron chi connectivity index (χ3n) is 4.55. The topological polar surface area (TPSA) is 104 Å². The molecule has 150 valence electrons. The molecule has 0 aliphatic carbocycles. The Balaban J connectivity index is 0. The molecule has 1 aliphatic heterocycles. The number of aldehydes is 1. The average Bonchev–Trinajstić information content (AvgIpc) is 3.06. The molecular formula is C19H38O6. The van der Waals surface area contributed by atoms with Gasteiger partial charge in [0.25, 0.3) is 0 Å². The Morgan fingerprint density at radius 3 is 1.96 bits per heavy atom. The van der Waals surface area contributed by atoms with Gasteiger partial charge in [0.2, 0.25) is 0 Å². The summed E-state index contributed by atoms with van der Waals surface area (Å²) in [6.07, 6.45) is 12.0. The number of carbonyl (C=O) groups is 2. The second kappa shape index (κ2) is 17.8. The van der Waals surface area contributed by atoms with E-state index in [4.69, 9.17) is 14.9 Å². The van der Waals surface area contributed by atoms with Crippen molar-refractivity contribution in [3.8, 4) is 0 Å². The molecule has 2 unspecified atom stereocenters. The van der Waals surface area contributed by atoms with Gasteiger partial charge in [0.1, 0.15) is 11.9 Å². The van der Waals surface area contributed by atoms with E-state index < -0.39 is 5.60 Å². The lowest BCUT2D eigenvalue weighted by Crippen LogP contribution is -2.42. The van der Waals surface area contributed by atoms with Gasteiger partial charge in [0.15, 0.2) is 0 Å². The van der Waals surface area contributed by atoms with E-state index in [1.54, 1.807) is 0 Å². The molecule has 2 atom stereocenters. The number of aliphatic hydroxyl groups excluding tert-OH is 3. The fraction of sp³-hybridized carbons (Fsp3) is 0.895. The largest absolute Gasteiger partial charge is 0.456 e. The SMILES string of the molecule is CCCCCCCCCCC(C=O)C1(CO)CCC(=O)O1.CO.CO. The molecule has 0 bridgehead atoms. The van der Waals surface area contributed by atoms with Crippen LogP contribution in [0.4, 0.5) is 0 Å². The van der Waals surface area contributed by atoms with Crippen LogP contribution in [0.25, 0.3) is 0 Å². The van der Waals surface area contributed by atoms with E-state index in [1.165, 1.54) is 38.5 Å². The molecule has 25 heavy (non-hydrogen) atoms. The molecule has 0 radical (unpaired) electrons. The molecule has 1 saturated heterocycles. The Labute approximate surface area is 152 Å². The van der Waals surface area contributed by atoms with Crippen LogP contribution >= 0.6 is 0 Å². The van der Waals surface area contributed by atoms with E-state index in [0.29, 0.717) is 19.3 Å². The van der Waals surface area contributed by atoms with Crippen LogP contribution in [0.15, 0.2) is 0 Å². The number of esters is 1. The first-order valence-corrected chi connectivity index (χ1v) is 9.36. The van der Waals surface area contributed by atoms with Gasteiger partial charge in [-0.1, -0.05) is 58.3 Å². The zero-order valence-corrected chi connectivity index (χ0v) is 16.2. The van der Waals surface area contributed by atoms with Crippen molar-refractivity contribution < 1.29 is 29.6 Å². The number of hydrogen-bond donors (Lipinski definition) is 3. The third-order valence-corrected chi connectivity index (χ3v) is 4.55. The van der Waals surface area contributed by atoms with Crippen LogP contribution in [0.5, 0.6) is 0 Å². The molecule has 0 aromatic rings. The monoisotopic (exact) mass is 362 g/mol. The predicted octanol–water partition coefficient (Wildman–Crippen LogP) is 2.62. The lowest BCUT2D eigenvalue weighted by atomic mass is 9.83. The van der Waals surface area contributed by atoms with E-state index in [9.17, 15) is 14.7 Å². The second-order valence-electron chi connectivity index (χ2n) is 6.20. The second-order valence-corrected chi connectivity index (χ2v) is 6.20. The van der Waals surface area contributed by atoms with Gasteiger partial charge in [-0.25, -0.2) is 0 Å². The lowest BCUT2D eigenvalue weighted by molar-refractivity contribution is -0.158. The first-order valence-electron chi connectivity index (χ1n) is 9.36. The molecule has 6 nitrogen and oxygen atoms in total. The van der Waals surface area contributed by atoms with Gasteiger partial charge in [-0.05, 0) is 6.42 Å². The molecular weight excluding hydrogens is 324 g/mol. The van der Waals surface area contributed by atoms with Crippen LogP contribution in [0.2, 0.25) is 0 Å². The van der Waals surface area contributed by atoms with E-state index in [-0.39, 0.29) is 18.5 Å². The number of cyclic esters (lactones) is 1. The number of rotatable bonds is 12. The van der Waals surface area contributed by atoms with E-state index >= 15 is 0 Å². The number of hydrogen-bond acceptors (Lipinski definition) is 6. The zero-order valence-electron chi connectivity index (χ0n) is 16.2. The Morgan fingerprint density at radius 1 is 1.04 bits per heavy atom. The quantitative estimate of drug-likeness (QED) is 0.280. The normalized spacial score (nSPS) is 19.8. The van der Waals surface area contributed by atoms with E-state index in [0.717, 1.165) is 33.3 Å². The summed E-state index contributed by atoms with van der Waals surface area (Å²) >= 11 is 0. The highest BCUT2D eigenvalue weighted by Crippen LogP contribution is 2.35. The van der Waals surface area contributed by atoms with E-state index in [2.05, 4.69) is 6.92 Å². The van der Waals surface area contributed by atoms with Crippen LogP contribution in [-0.2, 0) is 14.3 Å². The molecule has 1 rings (SSSR count). The Kier molecular flexibility index (Phi) is 18.7. The minimum Gasteiger partial charge on any atom is -0.456 e. The van der Waals surface area contributed by atoms with Crippen molar-refractivity contribution in [2.24, 2.45) is 5.92 Å². The van der Waals surface area contributed by atoms with Crippen molar-refractivity contribution in [3.63, 3.8) is 0 Å². The van der Waals surface area contributed by atoms with Gasteiger partial charge in [-0.15, -0.1) is 0 Å². The zero-order chi connectivity index (χ0) is 19.6. The maximum Gasteiger partial charge on any atom is 0.306 e. The van der Waals surface area contributed by atoms with E-state index in [1.807, 2.05) is 0 Å². The molecule has 0 spiro atoms. The van der Waals surface area contributed by atoms with Crippen LogP contribution < -0.4 is 0 Å². The number of aliphatic hydroxyl groups is 3. The molecule has 1 aliphatic rings. The Bertz CT molecular complexity index is 321. The number of ether oxygens (including phenoxy) is 1. The molecule has 1 heterocycles. The van der Waals surface area contributed by atoms with Gasteiger partial charge in [0, 0.05) is 27.1 Å². The van der Waals surface area contributed by atoms with Crippen molar-refractivity contribution in [1.29, 1.82) is 0 Å². The molecule has 0 aromatic carbocycles. The van der Waals surface area contributed by atoms with Gasteiger partial charge < -0.3 is 24.9 Å². The molecule has 6 heteroatoms.